The third-order valence-corrected chi connectivity index (χ3v) is 7.66. The molecule has 0 spiro atoms. The third-order valence-electron chi connectivity index (χ3n) is 5.79. The predicted molar refractivity (Wildman–Crippen MR) is 120 cm³/mol. The van der Waals surface area contributed by atoms with E-state index in [4.69, 9.17) is 4.74 Å². The van der Waals surface area contributed by atoms with E-state index in [0.29, 0.717) is 31.7 Å². The molecule has 31 heavy (non-hydrogen) atoms. The number of carbonyl (C=O) groups is 1. The summed E-state index contributed by atoms with van der Waals surface area (Å²) in [7, 11) is -2.11. The van der Waals surface area contributed by atoms with E-state index in [9.17, 15) is 13.2 Å². The molecule has 6 nitrogen and oxygen atoms in total. The summed E-state index contributed by atoms with van der Waals surface area (Å²) in [5.41, 5.74) is 1.05. The van der Waals surface area contributed by atoms with Crippen molar-refractivity contribution in [3.63, 3.8) is 0 Å². The average molecular weight is 439 g/mol. The van der Waals surface area contributed by atoms with E-state index in [1.807, 2.05) is 42.5 Å². The smallest absolute Gasteiger partial charge is 0.243 e. The number of ether oxygens (including phenoxy) is 1. The zero-order valence-electron chi connectivity index (χ0n) is 17.5. The van der Waals surface area contributed by atoms with Crippen molar-refractivity contribution in [3.05, 3.63) is 72.3 Å². The molecule has 4 rings (SSSR count). The largest absolute Gasteiger partial charge is 0.497 e. The number of nitrogens with zero attached hydrogens (tertiary/aromatic N) is 1. The van der Waals surface area contributed by atoms with Crippen molar-refractivity contribution < 1.29 is 17.9 Å². The Hall–Kier alpha value is -2.90. The van der Waals surface area contributed by atoms with Crippen LogP contribution in [0.4, 0.5) is 0 Å². The average Bonchev–Trinajstić information content (AvgIpc) is 2.82. The van der Waals surface area contributed by atoms with Gasteiger partial charge in [-0.05, 0) is 53.4 Å². The van der Waals surface area contributed by atoms with Gasteiger partial charge in [0.15, 0.2) is 0 Å². The van der Waals surface area contributed by atoms with Crippen LogP contribution in [0.25, 0.3) is 10.8 Å². The summed E-state index contributed by atoms with van der Waals surface area (Å²) >= 11 is 0. The molecule has 3 aromatic carbocycles. The maximum atomic E-state index is 13.0. The summed E-state index contributed by atoms with van der Waals surface area (Å²) in [5.74, 6) is 0.127. The first-order chi connectivity index (χ1) is 15.0. The molecule has 7 heteroatoms. The summed E-state index contributed by atoms with van der Waals surface area (Å²) in [6.45, 7) is 1.03. The first-order valence-corrected chi connectivity index (χ1v) is 11.8. The minimum Gasteiger partial charge on any atom is -0.497 e. The molecule has 0 radical (unpaired) electrons. The van der Waals surface area contributed by atoms with Gasteiger partial charge in [-0.2, -0.15) is 4.31 Å². The van der Waals surface area contributed by atoms with E-state index in [-0.39, 0.29) is 23.3 Å². The lowest BCUT2D eigenvalue weighted by atomic mass is 9.98. The lowest BCUT2D eigenvalue weighted by Gasteiger charge is -2.31. The molecule has 0 aliphatic carbocycles. The van der Waals surface area contributed by atoms with Crippen LogP contribution in [-0.4, -0.2) is 38.8 Å². The van der Waals surface area contributed by atoms with Crippen molar-refractivity contribution in [2.45, 2.75) is 24.3 Å². The lowest BCUT2D eigenvalue weighted by Crippen LogP contribution is -2.45. The maximum absolute atomic E-state index is 13.0. The quantitative estimate of drug-likeness (QED) is 0.639. The van der Waals surface area contributed by atoms with Crippen molar-refractivity contribution in [1.82, 2.24) is 9.62 Å². The molecule has 1 amide bonds. The minimum absolute atomic E-state index is 0.109. The van der Waals surface area contributed by atoms with E-state index >= 15 is 0 Å². The fourth-order valence-electron chi connectivity index (χ4n) is 4.04. The van der Waals surface area contributed by atoms with Gasteiger partial charge in [0.05, 0.1) is 17.9 Å². The number of hydrogen-bond donors (Lipinski definition) is 1. The van der Waals surface area contributed by atoms with E-state index in [0.717, 1.165) is 16.3 Å². The van der Waals surface area contributed by atoms with Gasteiger partial charge in [0, 0.05) is 19.6 Å². The van der Waals surface area contributed by atoms with Crippen LogP contribution in [0.3, 0.4) is 0 Å². The van der Waals surface area contributed by atoms with E-state index < -0.39 is 10.0 Å². The number of rotatable bonds is 6. The Morgan fingerprint density at radius 3 is 2.58 bits per heavy atom. The van der Waals surface area contributed by atoms with Gasteiger partial charge in [0.1, 0.15) is 5.75 Å². The summed E-state index contributed by atoms with van der Waals surface area (Å²) in [4.78, 5) is 13.1. The molecule has 1 heterocycles. The second kappa shape index (κ2) is 9.08. The number of amides is 1. The molecule has 0 bridgehead atoms. The monoisotopic (exact) mass is 438 g/mol. The van der Waals surface area contributed by atoms with Crippen molar-refractivity contribution in [2.75, 3.05) is 20.2 Å². The highest BCUT2D eigenvalue weighted by molar-refractivity contribution is 7.89. The highest BCUT2D eigenvalue weighted by atomic mass is 32.2. The SMILES string of the molecule is COc1ccc(S(=O)(=O)N2CCC[C@H](C(=O)NCc3cccc4ccccc34)C2)cc1. The van der Waals surface area contributed by atoms with Crippen LogP contribution < -0.4 is 10.1 Å². The fraction of sp³-hybridized carbons (Fsp3) is 0.292. The second-order valence-corrected chi connectivity index (χ2v) is 9.67. The summed E-state index contributed by atoms with van der Waals surface area (Å²) in [6.07, 6.45) is 1.33. The van der Waals surface area contributed by atoms with Gasteiger partial charge in [0.2, 0.25) is 15.9 Å². The number of sulfonamides is 1. The molecule has 162 valence electrons. The van der Waals surface area contributed by atoms with Crippen LogP contribution in [0, 0.1) is 5.92 Å². The van der Waals surface area contributed by atoms with Crippen molar-refractivity contribution in [2.24, 2.45) is 5.92 Å². The number of nitrogens with one attached hydrogen (secondary N) is 1. The normalized spacial score (nSPS) is 17.4. The highest BCUT2D eigenvalue weighted by Gasteiger charge is 2.33. The minimum atomic E-state index is -3.65. The Kier molecular flexibility index (Phi) is 6.25. The van der Waals surface area contributed by atoms with E-state index in [1.165, 1.54) is 11.4 Å². The van der Waals surface area contributed by atoms with Crippen molar-refractivity contribution in [3.8, 4) is 5.75 Å². The van der Waals surface area contributed by atoms with Crippen LogP contribution in [0.5, 0.6) is 5.75 Å². The fourth-order valence-corrected chi connectivity index (χ4v) is 5.57. The Morgan fingerprint density at radius 2 is 1.81 bits per heavy atom. The molecule has 1 aliphatic heterocycles. The van der Waals surface area contributed by atoms with Gasteiger partial charge in [-0.15, -0.1) is 0 Å². The highest BCUT2D eigenvalue weighted by Crippen LogP contribution is 2.25. The molecule has 1 atom stereocenters. The predicted octanol–water partition coefficient (Wildman–Crippen LogP) is 3.57. The van der Waals surface area contributed by atoms with Gasteiger partial charge in [0.25, 0.3) is 0 Å². The van der Waals surface area contributed by atoms with Gasteiger partial charge in [-0.1, -0.05) is 42.5 Å². The molecular weight excluding hydrogens is 412 g/mol. The second-order valence-electron chi connectivity index (χ2n) is 7.73. The van der Waals surface area contributed by atoms with Crippen LogP contribution in [0.1, 0.15) is 18.4 Å². The van der Waals surface area contributed by atoms with Gasteiger partial charge in [-0.25, -0.2) is 8.42 Å². The van der Waals surface area contributed by atoms with Crippen molar-refractivity contribution in [1.29, 1.82) is 0 Å². The Balaban J connectivity index is 1.43. The summed E-state index contributed by atoms with van der Waals surface area (Å²) in [6, 6.07) is 20.4. The summed E-state index contributed by atoms with van der Waals surface area (Å²) in [5, 5.41) is 5.25. The molecular formula is C24H26N2O4S. The van der Waals surface area contributed by atoms with E-state index in [1.54, 1.807) is 24.3 Å². The van der Waals surface area contributed by atoms with Crippen LogP contribution in [0.2, 0.25) is 0 Å². The lowest BCUT2D eigenvalue weighted by molar-refractivity contribution is -0.126. The Labute approximate surface area is 182 Å². The molecule has 1 aliphatic rings. The number of piperidine rings is 1. The molecule has 1 saturated heterocycles. The van der Waals surface area contributed by atoms with E-state index in [2.05, 4.69) is 5.32 Å². The first kappa shape index (κ1) is 21.3. The zero-order chi connectivity index (χ0) is 21.8. The van der Waals surface area contributed by atoms with Crippen LogP contribution in [-0.2, 0) is 21.4 Å². The zero-order valence-corrected chi connectivity index (χ0v) is 18.3. The number of methoxy groups -OCH3 is 1. The van der Waals surface area contributed by atoms with Gasteiger partial charge < -0.3 is 10.1 Å². The van der Waals surface area contributed by atoms with Crippen molar-refractivity contribution >= 4 is 26.7 Å². The molecule has 1 fully saturated rings. The number of fused-ring (bicyclic) bond motifs is 1. The van der Waals surface area contributed by atoms with Crippen LogP contribution >= 0.6 is 0 Å². The molecule has 0 saturated carbocycles. The molecule has 0 aromatic heterocycles. The Bertz CT molecular complexity index is 1170. The number of hydrogen-bond acceptors (Lipinski definition) is 4. The standard InChI is InChI=1S/C24H26N2O4S/c1-30-21-11-13-22(14-12-21)31(28,29)26-15-5-9-20(17-26)24(27)25-16-19-8-4-7-18-6-2-3-10-23(18)19/h2-4,6-8,10-14,20H,5,9,15-17H2,1H3,(H,25,27)/t20-/m0/s1. The third kappa shape index (κ3) is 4.57. The molecule has 3 aromatic rings. The molecule has 0 unspecified atom stereocenters. The summed E-state index contributed by atoms with van der Waals surface area (Å²) < 4.78 is 32.6. The Morgan fingerprint density at radius 1 is 1.06 bits per heavy atom. The number of carbonyl (C=O) groups excluding carboxylic acids is 1. The molecule has 1 N–H and O–H groups in total. The number of benzene rings is 3. The first-order valence-electron chi connectivity index (χ1n) is 10.4. The van der Waals surface area contributed by atoms with Gasteiger partial charge in [-0.3, -0.25) is 4.79 Å². The maximum Gasteiger partial charge on any atom is 0.243 e. The van der Waals surface area contributed by atoms with Crippen LogP contribution in [0.15, 0.2) is 71.6 Å². The van der Waals surface area contributed by atoms with Gasteiger partial charge >= 0.3 is 0 Å². The topological polar surface area (TPSA) is 75.7 Å².